The van der Waals surface area contributed by atoms with Crippen LogP contribution >= 0.6 is 23.6 Å². The molecule has 3 heterocycles. The van der Waals surface area contributed by atoms with E-state index in [4.69, 9.17) is 17.0 Å². The van der Waals surface area contributed by atoms with Gasteiger partial charge in [-0.05, 0) is 48.3 Å². The molecule has 0 bridgehead atoms. The van der Waals surface area contributed by atoms with Gasteiger partial charge in [0.25, 0.3) is 5.56 Å². The first kappa shape index (κ1) is 16.7. The van der Waals surface area contributed by atoms with E-state index in [0.717, 1.165) is 38.3 Å². The standard InChI is InChI=1S/C19H20N2O2S2/c1-10(2)14-8-13-15(9-23-14)25-17-16(13)18(22)21(19(24)20-17)12-6-4-5-11(3)7-12/h4-7,10,14H,8-9H2,1-3H3,(H,20,24)/t14-/m0/s1. The predicted molar refractivity (Wildman–Crippen MR) is 104 cm³/mol. The summed E-state index contributed by atoms with van der Waals surface area (Å²) in [5.74, 6) is 0.421. The number of ether oxygens (including phenoxy) is 1. The van der Waals surface area contributed by atoms with Crippen LogP contribution in [0.15, 0.2) is 29.1 Å². The molecule has 2 aromatic heterocycles. The number of thiophene rings is 1. The number of fused-ring (bicyclic) bond motifs is 3. The number of nitrogens with zero attached hydrogens (tertiary/aromatic N) is 1. The molecule has 0 saturated heterocycles. The van der Waals surface area contributed by atoms with Crippen LogP contribution in [0, 0.1) is 17.6 Å². The van der Waals surface area contributed by atoms with Crippen molar-refractivity contribution in [2.75, 3.05) is 0 Å². The zero-order valence-electron chi connectivity index (χ0n) is 14.5. The molecule has 0 amide bonds. The number of aromatic amines is 1. The Labute approximate surface area is 155 Å². The van der Waals surface area contributed by atoms with Gasteiger partial charge < -0.3 is 9.72 Å². The second-order valence-electron chi connectivity index (χ2n) is 6.92. The summed E-state index contributed by atoms with van der Waals surface area (Å²) in [6.45, 7) is 6.89. The molecule has 1 N–H and O–H groups in total. The van der Waals surface area contributed by atoms with Crippen molar-refractivity contribution < 1.29 is 4.74 Å². The van der Waals surface area contributed by atoms with E-state index in [1.54, 1.807) is 15.9 Å². The Balaban J connectivity index is 1.98. The molecule has 3 aromatic rings. The maximum absolute atomic E-state index is 13.3. The Bertz CT molecular complexity index is 1080. The molecule has 4 nitrogen and oxygen atoms in total. The summed E-state index contributed by atoms with van der Waals surface area (Å²) in [7, 11) is 0. The van der Waals surface area contributed by atoms with Crippen LogP contribution in [-0.4, -0.2) is 15.7 Å². The second kappa shape index (κ2) is 6.20. The van der Waals surface area contributed by atoms with Crippen molar-refractivity contribution in [3.8, 4) is 5.69 Å². The molecule has 1 aliphatic heterocycles. The number of aryl methyl sites for hydroxylation is 1. The number of nitrogens with one attached hydrogen (secondary N) is 1. The average molecular weight is 373 g/mol. The van der Waals surface area contributed by atoms with Crippen molar-refractivity contribution in [1.82, 2.24) is 9.55 Å². The lowest BCUT2D eigenvalue weighted by Gasteiger charge is -2.26. The molecule has 130 valence electrons. The highest BCUT2D eigenvalue weighted by Gasteiger charge is 2.27. The molecule has 1 atom stereocenters. The predicted octanol–water partition coefficient (Wildman–Crippen LogP) is 4.52. The van der Waals surface area contributed by atoms with Gasteiger partial charge >= 0.3 is 0 Å². The van der Waals surface area contributed by atoms with Crippen LogP contribution in [0.4, 0.5) is 0 Å². The van der Waals surface area contributed by atoms with Crippen molar-refractivity contribution in [1.29, 1.82) is 0 Å². The monoisotopic (exact) mass is 372 g/mol. The first-order valence-electron chi connectivity index (χ1n) is 8.44. The minimum atomic E-state index is -0.0359. The zero-order chi connectivity index (χ0) is 17.7. The van der Waals surface area contributed by atoms with E-state index in [1.165, 1.54) is 0 Å². The molecule has 1 aromatic carbocycles. The lowest BCUT2D eigenvalue weighted by Crippen LogP contribution is -2.28. The van der Waals surface area contributed by atoms with Crippen molar-refractivity contribution in [3.63, 3.8) is 0 Å². The first-order chi connectivity index (χ1) is 12.0. The second-order valence-corrected chi connectivity index (χ2v) is 8.41. The van der Waals surface area contributed by atoms with Crippen LogP contribution < -0.4 is 5.56 Å². The Kier molecular flexibility index (Phi) is 4.14. The number of hydrogen-bond acceptors (Lipinski definition) is 4. The number of hydrogen-bond donors (Lipinski definition) is 1. The fraction of sp³-hybridized carbons (Fsp3) is 0.368. The molecule has 25 heavy (non-hydrogen) atoms. The summed E-state index contributed by atoms with van der Waals surface area (Å²) in [4.78, 5) is 18.6. The van der Waals surface area contributed by atoms with Crippen molar-refractivity contribution in [2.24, 2.45) is 5.92 Å². The molecule has 6 heteroatoms. The molecule has 0 spiro atoms. The summed E-state index contributed by atoms with van der Waals surface area (Å²) in [5.41, 5.74) is 2.99. The van der Waals surface area contributed by atoms with Gasteiger partial charge in [-0.1, -0.05) is 26.0 Å². The van der Waals surface area contributed by atoms with Gasteiger partial charge in [0.15, 0.2) is 4.77 Å². The third kappa shape index (κ3) is 2.78. The van der Waals surface area contributed by atoms with E-state index in [-0.39, 0.29) is 11.7 Å². The molecule has 4 rings (SSSR count). The van der Waals surface area contributed by atoms with Crippen LogP contribution in [0.25, 0.3) is 15.9 Å². The molecule has 0 fully saturated rings. The van der Waals surface area contributed by atoms with Gasteiger partial charge in [-0.3, -0.25) is 9.36 Å². The van der Waals surface area contributed by atoms with Gasteiger partial charge in [-0.15, -0.1) is 11.3 Å². The zero-order valence-corrected chi connectivity index (χ0v) is 16.1. The maximum Gasteiger partial charge on any atom is 0.267 e. The summed E-state index contributed by atoms with van der Waals surface area (Å²) in [6.07, 6.45) is 0.931. The normalized spacial score (nSPS) is 17.2. The number of aromatic nitrogens is 2. The van der Waals surface area contributed by atoms with Gasteiger partial charge in [0, 0.05) is 11.3 Å². The van der Waals surface area contributed by atoms with Crippen LogP contribution in [-0.2, 0) is 17.8 Å². The van der Waals surface area contributed by atoms with Crippen LogP contribution in [0.5, 0.6) is 0 Å². The molecular formula is C19H20N2O2S2. The van der Waals surface area contributed by atoms with E-state index in [9.17, 15) is 4.79 Å². The molecular weight excluding hydrogens is 352 g/mol. The molecule has 0 unspecified atom stereocenters. The van der Waals surface area contributed by atoms with E-state index >= 15 is 0 Å². The van der Waals surface area contributed by atoms with E-state index in [1.807, 2.05) is 31.2 Å². The fourth-order valence-electron chi connectivity index (χ4n) is 3.39. The van der Waals surface area contributed by atoms with Crippen LogP contribution in [0.3, 0.4) is 0 Å². The topological polar surface area (TPSA) is 47.0 Å². The Morgan fingerprint density at radius 2 is 2.20 bits per heavy atom. The lowest BCUT2D eigenvalue weighted by molar-refractivity contribution is 0.00200. The van der Waals surface area contributed by atoms with Gasteiger partial charge in [0.05, 0.1) is 23.8 Å². The summed E-state index contributed by atoms with van der Waals surface area (Å²) in [6, 6.07) is 7.86. The third-order valence-corrected chi connectivity index (χ3v) is 6.17. The Morgan fingerprint density at radius 1 is 1.40 bits per heavy atom. The smallest absolute Gasteiger partial charge is 0.267 e. The molecule has 1 aliphatic rings. The van der Waals surface area contributed by atoms with Crippen molar-refractivity contribution in [3.05, 3.63) is 55.4 Å². The van der Waals surface area contributed by atoms with Gasteiger partial charge in [0.1, 0.15) is 4.83 Å². The maximum atomic E-state index is 13.3. The number of rotatable bonds is 2. The Hall–Kier alpha value is -1.76. The van der Waals surface area contributed by atoms with Crippen LogP contribution in [0.2, 0.25) is 0 Å². The SMILES string of the molecule is Cc1cccc(-n2c(=S)[nH]c3sc4c(c3c2=O)C[C@@H](C(C)C)OC4)c1. The van der Waals surface area contributed by atoms with E-state index in [0.29, 0.717) is 17.3 Å². The Morgan fingerprint density at radius 3 is 2.92 bits per heavy atom. The van der Waals surface area contributed by atoms with Crippen molar-refractivity contribution >= 4 is 33.8 Å². The fourth-order valence-corrected chi connectivity index (χ4v) is 4.89. The summed E-state index contributed by atoms with van der Waals surface area (Å²) in [5, 5.41) is 0.768. The summed E-state index contributed by atoms with van der Waals surface area (Å²) < 4.78 is 8.00. The van der Waals surface area contributed by atoms with E-state index < -0.39 is 0 Å². The number of benzene rings is 1. The van der Waals surface area contributed by atoms with Gasteiger partial charge in [-0.25, -0.2) is 0 Å². The van der Waals surface area contributed by atoms with E-state index in [2.05, 4.69) is 18.8 Å². The largest absolute Gasteiger partial charge is 0.372 e. The lowest BCUT2D eigenvalue weighted by atomic mass is 9.96. The molecule has 0 radical (unpaired) electrons. The van der Waals surface area contributed by atoms with Crippen LogP contribution in [0.1, 0.15) is 29.9 Å². The average Bonchev–Trinajstić information content (AvgIpc) is 2.92. The van der Waals surface area contributed by atoms with Crippen molar-refractivity contribution in [2.45, 2.75) is 39.9 Å². The minimum Gasteiger partial charge on any atom is -0.372 e. The summed E-state index contributed by atoms with van der Waals surface area (Å²) >= 11 is 7.07. The first-order valence-corrected chi connectivity index (χ1v) is 9.66. The highest BCUT2D eigenvalue weighted by molar-refractivity contribution is 7.71. The molecule has 0 aliphatic carbocycles. The quantitative estimate of drug-likeness (QED) is 0.673. The minimum absolute atomic E-state index is 0.0359. The molecule has 0 saturated carbocycles. The van der Waals surface area contributed by atoms with Gasteiger partial charge in [0.2, 0.25) is 0 Å². The third-order valence-electron chi connectivity index (χ3n) is 4.77. The highest BCUT2D eigenvalue weighted by atomic mass is 32.1. The highest BCUT2D eigenvalue weighted by Crippen LogP contribution is 2.35. The van der Waals surface area contributed by atoms with Gasteiger partial charge in [-0.2, -0.15) is 0 Å². The number of H-pyrrole nitrogens is 1.